The Balaban J connectivity index is 1.43. The molecule has 40 heavy (non-hydrogen) atoms. The van der Waals surface area contributed by atoms with Crippen LogP contribution in [0.3, 0.4) is 0 Å². The number of nitrogens with zero attached hydrogens (tertiary/aromatic N) is 1. The standard InChI is InChI=1S/C32H33N3O5/c1-19-8-7-10-23-22(17-33-30(19)23)12-20(18-36)16-34-32(37)25-15-27(35-26-11-6-5-9-24(25)26)21-13-28(38-2)31(40-4)29(14-21)39-3/h5-11,13-15,17,20,33,36H,12,16,18H2,1-4H3,(H,34,37)/t20-/m0/s1. The van der Waals surface area contributed by atoms with Crippen molar-refractivity contribution in [3.8, 4) is 28.5 Å². The van der Waals surface area contributed by atoms with E-state index in [2.05, 4.69) is 29.4 Å². The Bertz CT molecular complexity index is 1650. The molecule has 8 heteroatoms. The molecule has 0 aliphatic heterocycles. The van der Waals surface area contributed by atoms with E-state index in [1.54, 1.807) is 27.4 Å². The minimum Gasteiger partial charge on any atom is -0.493 e. The number of fused-ring (bicyclic) bond motifs is 2. The Morgan fingerprint density at radius 3 is 2.40 bits per heavy atom. The van der Waals surface area contributed by atoms with E-state index in [4.69, 9.17) is 19.2 Å². The zero-order chi connectivity index (χ0) is 28.2. The van der Waals surface area contributed by atoms with E-state index in [1.165, 1.54) is 5.56 Å². The lowest BCUT2D eigenvalue weighted by molar-refractivity contribution is 0.0941. The van der Waals surface area contributed by atoms with Crippen LogP contribution in [0.25, 0.3) is 33.1 Å². The summed E-state index contributed by atoms with van der Waals surface area (Å²) in [6, 6.07) is 19.1. The van der Waals surface area contributed by atoms with Crippen molar-refractivity contribution in [2.24, 2.45) is 5.92 Å². The van der Waals surface area contributed by atoms with Crippen molar-refractivity contribution in [2.75, 3.05) is 34.5 Å². The summed E-state index contributed by atoms with van der Waals surface area (Å²) in [7, 11) is 4.67. The number of carbonyl (C=O) groups excluding carboxylic acids is 1. The van der Waals surface area contributed by atoms with E-state index in [0.29, 0.717) is 47.0 Å². The van der Waals surface area contributed by atoms with Crippen molar-refractivity contribution >= 4 is 27.7 Å². The van der Waals surface area contributed by atoms with Gasteiger partial charge in [0, 0.05) is 47.1 Å². The molecule has 0 saturated heterocycles. The molecule has 0 unspecified atom stereocenters. The Morgan fingerprint density at radius 1 is 0.975 bits per heavy atom. The molecule has 0 aliphatic carbocycles. The second kappa shape index (κ2) is 11.7. The predicted molar refractivity (Wildman–Crippen MR) is 156 cm³/mol. The summed E-state index contributed by atoms with van der Waals surface area (Å²) in [5.74, 6) is 1.09. The van der Waals surface area contributed by atoms with E-state index >= 15 is 0 Å². The molecular weight excluding hydrogens is 506 g/mol. The normalized spacial score (nSPS) is 11.9. The number of methoxy groups -OCH3 is 3. The van der Waals surface area contributed by atoms with Crippen LogP contribution >= 0.6 is 0 Å². The van der Waals surface area contributed by atoms with Crippen LogP contribution in [-0.2, 0) is 6.42 Å². The van der Waals surface area contributed by atoms with Gasteiger partial charge in [0.1, 0.15) is 0 Å². The SMILES string of the molecule is COc1cc(-c2cc(C(=O)NC[C@@H](CO)Cc3c[nH]c4c(C)cccc34)c3ccccc3n2)cc(OC)c1OC. The lowest BCUT2D eigenvalue weighted by Crippen LogP contribution is -2.32. The van der Waals surface area contributed by atoms with Crippen LogP contribution in [0, 0.1) is 12.8 Å². The molecule has 0 fully saturated rings. The second-order valence-electron chi connectivity index (χ2n) is 9.76. The fourth-order valence-electron chi connectivity index (χ4n) is 5.12. The quantitative estimate of drug-likeness (QED) is 0.223. The first-order chi connectivity index (χ1) is 19.5. The Labute approximate surface area is 232 Å². The van der Waals surface area contributed by atoms with Crippen molar-refractivity contribution in [2.45, 2.75) is 13.3 Å². The van der Waals surface area contributed by atoms with Crippen LogP contribution in [0.2, 0.25) is 0 Å². The predicted octanol–water partition coefficient (Wildman–Crippen LogP) is 5.30. The fraction of sp³-hybridized carbons (Fsp3) is 0.250. The van der Waals surface area contributed by atoms with Gasteiger partial charge in [-0.15, -0.1) is 0 Å². The number of pyridine rings is 1. The molecule has 3 N–H and O–H groups in total. The van der Waals surface area contributed by atoms with E-state index < -0.39 is 0 Å². The van der Waals surface area contributed by atoms with Gasteiger partial charge in [0.05, 0.1) is 38.1 Å². The molecule has 0 spiro atoms. The summed E-state index contributed by atoms with van der Waals surface area (Å²) in [5.41, 5.74) is 5.88. The second-order valence-corrected chi connectivity index (χ2v) is 9.76. The number of amides is 1. The zero-order valence-corrected chi connectivity index (χ0v) is 23.1. The zero-order valence-electron chi connectivity index (χ0n) is 23.1. The van der Waals surface area contributed by atoms with Crippen LogP contribution in [0.4, 0.5) is 0 Å². The minimum atomic E-state index is -0.236. The van der Waals surface area contributed by atoms with Gasteiger partial charge in [-0.1, -0.05) is 36.4 Å². The number of hydrogen-bond donors (Lipinski definition) is 3. The maximum Gasteiger partial charge on any atom is 0.252 e. The van der Waals surface area contributed by atoms with Gasteiger partial charge in [-0.25, -0.2) is 4.98 Å². The van der Waals surface area contributed by atoms with Gasteiger partial charge in [0.15, 0.2) is 11.5 Å². The molecule has 206 valence electrons. The maximum absolute atomic E-state index is 13.6. The average Bonchev–Trinajstić information content (AvgIpc) is 3.41. The number of carbonyl (C=O) groups is 1. The lowest BCUT2D eigenvalue weighted by Gasteiger charge is -2.17. The number of aromatic nitrogens is 2. The summed E-state index contributed by atoms with van der Waals surface area (Å²) in [4.78, 5) is 21.7. The number of rotatable bonds is 10. The third-order valence-corrected chi connectivity index (χ3v) is 7.25. The molecule has 3 aromatic carbocycles. The van der Waals surface area contributed by atoms with Crippen molar-refractivity contribution in [3.63, 3.8) is 0 Å². The van der Waals surface area contributed by atoms with Crippen molar-refractivity contribution in [3.05, 3.63) is 83.6 Å². The molecule has 5 rings (SSSR count). The Morgan fingerprint density at radius 2 is 1.70 bits per heavy atom. The molecule has 0 radical (unpaired) electrons. The topological polar surface area (TPSA) is 106 Å². The van der Waals surface area contributed by atoms with Crippen molar-refractivity contribution < 1.29 is 24.1 Å². The van der Waals surface area contributed by atoms with Gasteiger partial charge in [0.2, 0.25) is 5.75 Å². The largest absolute Gasteiger partial charge is 0.493 e. The van der Waals surface area contributed by atoms with Gasteiger partial charge in [0.25, 0.3) is 5.91 Å². The number of nitrogens with one attached hydrogen (secondary N) is 2. The van der Waals surface area contributed by atoms with Crippen LogP contribution < -0.4 is 19.5 Å². The molecule has 5 aromatic rings. The molecule has 0 bridgehead atoms. The summed E-state index contributed by atoms with van der Waals surface area (Å²) in [6.07, 6.45) is 2.62. The maximum atomic E-state index is 13.6. The highest BCUT2D eigenvalue weighted by Crippen LogP contribution is 2.41. The van der Waals surface area contributed by atoms with Gasteiger partial charge in [-0.2, -0.15) is 0 Å². The van der Waals surface area contributed by atoms with Crippen LogP contribution in [0.5, 0.6) is 17.2 Å². The molecule has 2 aromatic heterocycles. The number of aliphatic hydroxyl groups excluding tert-OH is 1. The number of aliphatic hydroxyl groups is 1. The number of ether oxygens (including phenoxy) is 3. The first-order valence-electron chi connectivity index (χ1n) is 13.1. The number of hydrogen-bond acceptors (Lipinski definition) is 6. The molecule has 1 atom stereocenters. The smallest absolute Gasteiger partial charge is 0.252 e. The Hall–Kier alpha value is -4.56. The van der Waals surface area contributed by atoms with Gasteiger partial charge in [-0.3, -0.25) is 4.79 Å². The molecule has 2 heterocycles. The number of H-pyrrole nitrogens is 1. The molecule has 8 nitrogen and oxygen atoms in total. The van der Waals surface area contributed by atoms with Crippen LogP contribution in [0.1, 0.15) is 21.5 Å². The summed E-state index contributed by atoms with van der Waals surface area (Å²) >= 11 is 0. The van der Waals surface area contributed by atoms with Crippen molar-refractivity contribution in [1.29, 1.82) is 0 Å². The van der Waals surface area contributed by atoms with Crippen molar-refractivity contribution in [1.82, 2.24) is 15.3 Å². The molecule has 1 amide bonds. The average molecular weight is 540 g/mol. The van der Waals surface area contributed by atoms with E-state index in [1.807, 2.05) is 48.7 Å². The highest BCUT2D eigenvalue weighted by molar-refractivity contribution is 6.07. The summed E-state index contributed by atoms with van der Waals surface area (Å²) in [5, 5.41) is 15.1. The van der Waals surface area contributed by atoms with E-state index in [-0.39, 0.29) is 18.4 Å². The highest BCUT2D eigenvalue weighted by Gasteiger charge is 2.20. The highest BCUT2D eigenvalue weighted by atomic mass is 16.5. The van der Waals surface area contributed by atoms with Gasteiger partial charge >= 0.3 is 0 Å². The Kier molecular flexibility index (Phi) is 7.89. The molecule has 0 aliphatic rings. The van der Waals surface area contributed by atoms with Crippen LogP contribution in [0.15, 0.2) is 66.9 Å². The number of benzene rings is 3. The molecule has 0 saturated carbocycles. The summed E-state index contributed by atoms with van der Waals surface area (Å²) < 4.78 is 16.5. The summed E-state index contributed by atoms with van der Waals surface area (Å²) in [6.45, 7) is 2.34. The number of para-hydroxylation sites is 2. The first-order valence-corrected chi connectivity index (χ1v) is 13.1. The van der Waals surface area contributed by atoms with Gasteiger partial charge in [-0.05, 0) is 48.7 Å². The van der Waals surface area contributed by atoms with Gasteiger partial charge < -0.3 is 29.6 Å². The molecular formula is C32H33N3O5. The fourth-order valence-corrected chi connectivity index (χ4v) is 5.12. The number of aryl methyl sites for hydroxylation is 1. The third-order valence-electron chi connectivity index (χ3n) is 7.25. The number of aromatic amines is 1. The van der Waals surface area contributed by atoms with E-state index in [9.17, 15) is 9.90 Å². The lowest BCUT2D eigenvalue weighted by atomic mass is 9.98. The monoisotopic (exact) mass is 539 g/mol. The first kappa shape index (κ1) is 27.0. The van der Waals surface area contributed by atoms with E-state index in [0.717, 1.165) is 27.4 Å². The van der Waals surface area contributed by atoms with Crippen LogP contribution in [-0.4, -0.2) is 55.5 Å². The minimum absolute atomic E-state index is 0.0491. The third kappa shape index (κ3) is 5.18.